The number of rotatable bonds is 11. The fourth-order valence-electron chi connectivity index (χ4n) is 2.26. The zero-order valence-electron chi connectivity index (χ0n) is 13.7. The van der Waals surface area contributed by atoms with Crippen LogP contribution in [0.2, 0.25) is 6.04 Å². The van der Waals surface area contributed by atoms with Crippen molar-refractivity contribution in [1.82, 2.24) is 5.32 Å². The molecule has 0 aliphatic carbocycles. The van der Waals surface area contributed by atoms with E-state index < -0.39 is 8.80 Å². The minimum Gasteiger partial charge on any atom is -0.377 e. The SMILES string of the molecule is CO[Si](CCCNCC(N)Cc1ccccc1)(OC)OC.Cl. The van der Waals surface area contributed by atoms with Gasteiger partial charge >= 0.3 is 8.80 Å². The molecule has 0 spiro atoms. The molecule has 1 aromatic carbocycles. The predicted octanol–water partition coefficient (Wildman–Crippen LogP) is 1.84. The quantitative estimate of drug-likeness (QED) is 0.472. The molecule has 1 unspecified atom stereocenters. The molecular formula is C15H29ClN2O3Si. The summed E-state index contributed by atoms with van der Waals surface area (Å²) in [5.74, 6) is 0. The largest absolute Gasteiger partial charge is 0.500 e. The van der Waals surface area contributed by atoms with Crippen LogP contribution in [0.1, 0.15) is 12.0 Å². The third-order valence-corrected chi connectivity index (χ3v) is 6.35. The van der Waals surface area contributed by atoms with Gasteiger partial charge in [-0.15, -0.1) is 12.4 Å². The Balaban J connectivity index is 0.00000441. The van der Waals surface area contributed by atoms with Gasteiger partial charge < -0.3 is 24.3 Å². The van der Waals surface area contributed by atoms with Gasteiger partial charge in [0.15, 0.2) is 0 Å². The monoisotopic (exact) mass is 348 g/mol. The number of nitrogens with two attached hydrogens (primary N) is 1. The average Bonchev–Trinajstić information content (AvgIpc) is 2.52. The third-order valence-electron chi connectivity index (χ3n) is 3.52. The fraction of sp³-hybridized carbons (Fsp3) is 0.600. The van der Waals surface area contributed by atoms with Crippen LogP contribution in [0.5, 0.6) is 0 Å². The Labute approximate surface area is 141 Å². The number of hydrogen-bond acceptors (Lipinski definition) is 5. The van der Waals surface area contributed by atoms with Gasteiger partial charge in [-0.05, 0) is 24.9 Å². The summed E-state index contributed by atoms with van der Waals surface area (Å²) >= 11 is 0. The molecular weight excluding hydrogens is 320 g/mol. The van der Waals surface area contributed by atoms with Crippen LogP contribution in [0, 0.1) is 0 Å². The summed E-state index contributed by atoms with van der Waals surface area (Å²) < 4.78 is 16.2. The van der Waals surface area contributed by atoms with Crippen molar-refractivity contribution in [2.75, 3.05) is 34.4 Å². The highest BCUT2D eigenvalue weighted by Gasteiger charge is 2.36. The van der Waals surface area contributed by atoms with Crippen LogP contribution in [0.15, 0.2) is 30.3 Å². The van der Waals surface area contributed by atoms with E-state index in [0.29, 0.717) is 0 Å². The maximum Gasteiger partial charge on any atom is 0.500 e. The second kappa shape index (κ2) is 12.0. The van der Waals surface area contributed by atoms with E-state index >= 15 is 0 Å². The molecule has 1 atom stereocenters. The van der Waals surface area contributed by atoms with Crippen molar-refractivity contribution < 1.29 is 13.3 Å². The van der Waals surface area contributed by atoms with E-state index in [-0.39, 0.29) is 18.4 Å². The van der Waals surface area contributed by atoms with E-state index in [0.717, 1.165) is 32.0 Å². The smallest absolute Gasteiger partial charge is 0.377 e. The molecule has 0 heterocycles. The van der Waals surface area contributed by atoms with Gasteiger partial charge in [-0.3, -0.25) is 0 Å². The standard InChI is InChI=1S/C15H28N2O3Si.ClH/c1-18-21(19-2,20-3)11-7-10-17-13-15(16)12-14-8-5-4-6-9-14;/h4-6,8-9,15,17H,7,10-13,16H2,1-3H3;1H. The third kappa shape index (κ3) is 7.69. The highest BCUT2D eigenvalue weighted by atomic mass is 35.5. The number of hydrogen-bond donors (Lipinski definition) is 2. The van der Waals surface area contributed by atoms with Crippen LogP contribution in [0.4, 0.5) is 0 Å². The van der Waals surface area contributed by atoms with Crippen LogP contribution in [0.25, 0.3) is 0 Å². The minimum atomic E-state index is -2.43. The molecule has 0 saturated carbocycles. The van der Waals surface area contributed by atoms with Crippen LogP contribution in [-0.4, -0.2) is 49.3 Å². The zero-order valence-corrected chi connectivity index (χ0v) is 15.5. The number of nitrogens with one attached hydrogen (secondary N) is 1. The maximum absolute atomic E-state index is 6.12. The normalized spacial score (nSPS) is 12.7. The van der Waals surface area contributed by atoms with E-state index in [2.05, 4.69) is 17.4 Å². The summed E-state index contributed by atoms with van der Waals surface area (Å²) in [7, 11) is 2.50. The zero-order chi connectivity index (χ0) is 15.6. The second-order valence-electron chi connectivity index (χ2n) is 5.05. The minimum absolute atomic E-state index is 0. The van der Waals surface area contributed by atoms with Gasteiger partial charge in [0.2, 0.25) is 0 Å². The Hall–Kier alpha value is -0.473. The molecule has 0 aliphatic rings. The first-order valence-corrected chi connectivity index (χ1v) is 9.24. The van der Waals surface area contributed by atoms with Gasteiger partial charge in [0.05, 0.1) is 0 Å². The van der Waals surface area contributed by atoms with Crippen molar-refractivity contribution in [2.24, 2.45) is 5.73 Å². The molecule has 0 aromatic heterocycles. The molecule has 1 rings (SSSR count). The number of halogens is 1. The lowest BCUT2D eigenvalue weighted by Gasteiger charge is -2.24. The van der Waals surface area contributed by atoms with Gasteiger partial charge in [0.1, 0.15) is 0 Å². The topological polar surface area (TPSA) is 65.7 Å². The second-order valence-corrected chi connectivity index (χ2v) is 8.14. The number of benzene rings is 1. The van der Waals surface area contributed by atoms with Crippen molar-refractivity contribution >= 4 is 21.2 Å². The van der Waals surface area contributed by atoms with E-state index in [1.54, 1.807) is 21.3 Å². The summed E-state index contributed by atoms with van der Waals surface area (Å²) in [6, 6.07) is 11.2. The molecule has 5 nitrogen and oxygen atoms in total. The summed E-state index contributed by atoms with van der Waals surface area (Å²) in [6.07, 6.45) is 1.83. The lowest BCUT2D eigenvalue weighted by atomic mass is 10.1. The molecule has 0 radical (unpaired) electrons. The van der Waals surface area contributed by atoms with Gasteiger partial charge in [-0.25, -0.2) is 0 Å². The molecule has 128 valence electrons. The van der Waals surface area contributed by atoms with Crippen LogP contribution in [-0.2, 0) is 19.7 Å². The lowest BCUT2D eigenvalue weighted by Crippen LogP contribution is -2.43. The molecule has 1 aromatic rings. The summed E-state index contributed by atoms with van der Waals surface area (Å²) in [5.41, 5.74) is 7.40. The maximum atomic E-state index is 6.12. The molecule has 7 heteroatoms. The first kappa shape index (κ1) is 21.5. The lowest BCUT2D eigenvalue weighted by molar-refractivity contribution is 0.123. The average molecular weight is 349 g/mol. The fourth-order valence-corrected chi connectivity index (χ4v) is 3.98. The van der Waals surface area contributed by atoms with E-state index in [9.17, 15) is 0 Å². The van der Waals surface area contributed by atoms with E-state index in [1.165, 1.54) is 5.56 Å². The Bertz CT molecular complexity index is 372. The summed E-state index contributed by atoms with van der Waals surface area (Å²) in [6.45, 7) is 1.68. The van der Waals surface area contributed by atoms with Gasteiger partial charge in [0, 0.05) is 40.0 Å². The van der Waals surface area contributed by atoms with Crippen molar-refractivity contribution in [1.29, 1.82) is 0 Å². The van der Waals surface area contributed by atoms with E-state index in [1.807, 2.05) is 18.2 Å². The van der Waals surface area contributed by atoms with Crippen molar-refractivity contribution in [2.45, 2.75) is 24.9 Å². The summed E-state index contributed by atoms with van der Waals surface area (Å²) in [4.78, 5) is 0. The Morgan fingerprint density at radius 2 is 1.68 bits per heavy atom. The highest BCUT2D eigenvalue weighted by molar-refractivity contribution is 6.60. The molecule has 0 aliphatic heterocycles. The Kier molecular flexibility index (Phi) is 11.8. The Morgan fingerprint density at radius 1 is 1.09 bits per heavy atom. The van der Waals surface area contributed by atoms with E-state index in [4.69, 9.17) is 19.0 Å². The van der Waals surface area contributed by atoms with Gasteiger partial charge in [0.25, 0.3) is 0 Å². The highest BCUT2D eigenvalue weighted by Crippen LogP contribution is 2.14. The molecule has 0 fully saturated rings. The van der Waals surface area contributed by atoms with Crippen molar-refractivity contribution in [3.63, 3.8) is 0 Å². The molecule has 0 bridgehead atoms. The van der Waals surface area contributed by atoms with Crippen LogP contribution in [0.3, 0.4) is 0 Å². The van der Waals surface area contributed by atoms with Crippen molar-refractivity contribution in [3.05, 3.63) is 35.9 Å². The first-order chi connectivity index (χ1) is 10.2. The molecule has 22 heavy (non-hydrogen) atoms. The van der Waals surface area contributed by atoms with Gasteiger partial charge in [-0.1, -0.05) is 30.3 Å². The summed E-state index contributed by atoms with van der Waals surface area (Å²) in [5, 5.41) is 3.38. The van der Waals surface area contributed by atoms with Gasteiger partial charge in [-0.2, -0.15) is 0 Å². The van der Waals surface area contributed by atoms with Crippen LogP contribution < -0.4 is 11.1 Å². The molecule has 0 saturated heterocycles. The first-order valence-electron chi connectivity index (χ1n) is 7.31. The van der Waals surface area contributed by atoms with Crippen molar-refractivity contribution in [3.8, 4) is 0 Å². The molecule has 3 N–H and O–H groups in total. The Morgan fingerprint density at radius 3 is 2.23 bits per heavy atom. The molecule has 0 amide bonds. The predicted molar refractivity (Wildman–Crippen MR) is 94.4 cm³/mol. The van der Waals surface area contributed by atoms with Crippen LogP contribution >= 0.6 is 12.4 Å².